The third-order valence-corrected chi connectivity index (χ3v) is 4.55. The van der Waals surface area contributed by atoms with Crippen molar-refractivity contribution in [2.45, 2.75) is 38.8 Å². The second kappa shape index (κ2) is 9.52. The fourth-order valence-corrected chi connectivity index (χ4v) is 3.09. The van der Waals surface area contributed by atoms with Gasteiger partial charge in [0.1, 0.15) is 17.3 Å². The van der Waals surface area contributed by atoms with E-state index in [0.29, 0.717) is 16.0 Å². The molecular formula is C17H20Cl2N8O. The summed E-state index contributed by atoms with van der Waals surface area (Å²) < 4.78 is 1.51. The molecule has 2 heterocycles. The minimum Gasteiger partial charge on any atom is -0.334 e. The molecule has 0 saturated heterocycles. The van der Waals surface area contributed by atoms with E-state index < -0.39 is 0 Å². The van der Waals surface area contributed by atoms with Crippen LogP contribution in [0.2, 0.25) is 10.2 Å². The lowest BCUT2D eigenvalue weighted by Gasteiger charge is -2.17. The summed E-state index contributed by atoms with van der Waals surface area (Å²) >= 11 is 12.0. The molecule has 0 aliphatic carbocycles. The standard InChI is InChI=1S/C17H20Cl2N8O/c1-2-3-4-13(16-20-9-15(19)24-16)23-17(28)21-8-11-7-12(18)5-6-14(11)27-10-22-25-26-27/h5-7,9-10,13H,2-4,8H2,1H3,(H,20,24)(H2,21,23,28)/t13-/m0/s1. The van der Waals surface area contributed by atoms with Gasteiger partial charge in [-0.1, -0.05) is 43.0 Å². The maximum Gasteiger partial charge on any atom is 0.315 e. The quantitative estimate of drug-likeness (QED) is 0.514. The second-order valence-corrected chi connectivity index (χ2v) is 7.01. The third kappa shape index (κ3) is 5.20. The average Bonchev–Trinajstić information content (AvgIpc) is 3.35. The number of carbonyl (C=O) groups is 1. The van der Waals surface area contributed by atoms with Gasteiger partial charge >= 0.3 is 6.03 Å². The number of H-pyrrole nitrogens is 1. The van der Waals surface area contributed by atoms with E-state index in [1.54, 1.807) is 18.2 Å². The minimum absolute atomic E-state index is 0.251. The van der Waals surface area contributed by atoms with Gasteiger partial charge < -0.3 is 15.6 Å². The lowest BCUT2D eigenvalue weighted by molar-refractivity contribution is 0.235. The number of nitrogens with zero attached hydrogens (tertiary/aromatic N) is 5. The first-order chi connectivity index (χ1) is 13.6. The fraction of sp³-hybridized carbons (Fsp3) is 0.353. The number of aromatic amines is 1. The van der Waals surface area contributed by atoms with Gasteiger partial charge in [0.15, 0.2) is 0 Å². The van der Waals surface area contributed by atoms with E-state index in [9.17, 15) is 4.79 Å². The van der Waals surface area contributed by atoms with Crippen molar-refractivity contribution in [3.8, 4) is 5.69 Å². The van der Waals surface area contributed by atoms with Crippen LogP contribution in [0.5, 0.6) is 0 Å². The number of rotatable bonds is 8. The Morgan fingerprint density at radius 2 is 2.21 bits per heavy atom. The van der Waals surface area contributed by atoms with Crippen LogP contribution >= 0.6 is 23.2 Å². The lowest BCUT2D eigenvalue weighted by atomic mass is 10.1. The molecule has 0 bridgehead atoms. The van der Waals surface area contributed by atoms with Crippen LogP contribution in [-0.2, 0) is 6.54 Å². The van der Waals surface area contributed by atoms with E-state index in [1.165, 1.54) is 17.2 Å². The van der Waals surface area contributed by atoms with Crippen molar-refractivity contribution in [1.29, 1.82) is 0 Å². The van der Waals surface area contributed by atoms with Crippen molar-refractivity contribution in [2.75, 3.05) is 0 Å². The van der Waals surface area contributed by atoms with Crippen molar-refractivity contribution in [2.24, 2.45) is 0 Å². The molecule has 11 heteroatoms. The van der Waals surface area contributed by atoms with Gasteiger partial charge in [0.05, 0.1) is 17.9 Å². The summed E-state index contributed by atoms with van der Waals surface area (Å²) in [5, 5.41) is 17.9. The number of urea groups is 1. The second-order valence-electron chi connectivity index (χ2n) is 6.17. The summed E-state index contributed by atoms with van der Waals surface area (Å²) in [6.45, 7) is 2.34. The zero-order valence-electron chi connectivity index (χ0n) is 15.2. The average molecular weight is 423 g/mol. The van der Waals surface area contributed by atoms with Crippen LogP contribution in [0, 0.1) is 0 Å². The van der Waals surface area contributed by atoms with Gasteiger partial charge in [0.25, 0.3) is 0 Å². The summed E-state index contributed by atoms with van der Waals surface area (Å²) in [5.74, 6) is 0.630. The number of imidazole rings is 1. The van der Waals surface area contributed by atoms with Crippen molar-refractivity contribution in [3.63, 3.8) is 0 Å². The van der Waals surface area contributed by atoms with Gasteiger partial charge in [-0.15, -0.1) is 5.10 Å². The number of benzene rings is 1. The van der Waals surface area contributed by atoms with Gasteiger partial charge in [-0.3, -0.25) is 0 Å². The number of carbonyl (C=O) groups excluding carboxylic acids is 1. The molecule has 0 aliphatic rings. The van der Waals surface area contributed by atoms with E-state index >= 15 is 0 Å². The smallest absolute Gasteiger partial charge is 0.315 e. The molecule has 0 saturated carbocycles. The maximum absolute atomic E-state index is 12.5. The highest BCUT2D eigenvalue weighted by Crippen LogP contribution is 2.20. The van der Waals surface area contributed by atoms with Gasteiger partial charge in [0.2, 0.25) is 0 Å². The number of tetrazole rings is 1. The van der Waals surface area contributed by atoms with Crippen LogP contribution < -0.4 is 10.6 Å². The Balaban J connectivity index is 1.67. The van der Waals surface area contributed by atoms with E-state index in [1.807, 2.05) is 0 Å². The van der Waals surface area contributed by atoms with E-state index in [2.05, 4.69) is 43.1 Å². The molecule has 0 fully saturated rings. The van der Waals surface area contributed by atoms with Crippen molar-refractivity contribution in [3.05, 3.63) is 52.3 Å². The summed E-state index contributed by atoms with van der Waals surface area (Å²) in [7, 11) is 0. The number of nitrogens with one attached hydrogen (secondary N) is 3. The maximum atomic E-state index is 12.5. The monoisotopic (exact) mass is 422 g/mol. The molecule has 0 spiro atoms. The molecule has 3 rings (SSSR count). The van der Waals surface area contributed by atoms with Gasteiger partial charge in [-0.2, -0.15) is 0 Å². The predicted molar refractivity (Wildman–Crippen MR) is 105 cm³/mol. The van der Waals surface area contributed by atoms with Crippen LogP contribution in [0.3, 0.4) is 0 Å². The molecule has 2 amide bonds. The number of hydrogen-bond acceptors (Lipinski definition) is 5. The number of halogens is 2. The number of unbranched alkanes of at least 4 members (excludes halogenated alkanes) is 1. The van der Waals surface area contributed by atoms with Crippen LogP contribution in [-0.4, -0.2) is 36.2 Å². The fourth-order valence-electron chi connectivity index (χ4n) is 2.75. The van der Waals surface area contributed by atoms with Crippen molar-refractivity contribution < 1.29 is 4.79 Å². The summed E-state index contributed by atoms with van der Waals surface area (Å²) in [4.78, 5) is 19.7. The molecule has 1 atom stereocenters. The minimum atomic E-state index is -0.323. The highest BCUT2D eigenvalue weighted by molar-refractivity contribution is 6.30. The SMILES string of the molecule is CCCC[C@H](NC(=O)NCc1cc(Cl)ccc1-n1cnnn1)c1ncc(Cl)[nH]1. The molecule has 0 radical (unpaired) electrons. The van der Waals surface area contributed by atoms with Crippen molar-refractivity contribution in [1.82, 2.24) is 40.8 Å². The Kier molecular flexibility index (Phi) is 6.83. The molecule has 3 aromatic rings. The summed E-state index contributed by atoms with van der Waals surface area (Å²) in [6, 6.07) is 4.72. The normalized spacial score (nSPS) is 12.0. The Bertz CT molecular complexity index is 912. The molecule has 0 unspecified atom stereocenters. The summed E-state index contributed by atoms with van der Waals surface area (Å²) in [6.07, 6.45) is 5.71. The molecule has 0 aliphatic heterocycles. The van der Waals surface area contributed by atoms with E-state index in [-0.39, 0.29) is 18.6 Å². The first-order valence-electron chi connectivity index (χ1n) is 8.83. The van der Waals surface area contributed by atoms with Gasteiger partial charge in [-0.05, 0) is 40.6 Å². The Morgan fingerprint density at radius 1 is 1.36 bits per heavy atom. The highest BCUT2D eigenvalue weighted by atomic mass is 35.5. The number of amides is 2. The third-order valence-electron chi connectivity index (χ3n) is 4.12. The first-order valence-corrected chi connectivity index (χ1v) is 9.59. The molecular weight excluding hydrogens is 403 g/mol. The van der Waals surface area contributed by atoms with E-state index in [4.69, 9.17) is 23.2 Å². The van der Waals surface area contributed by atoms with Crippen molar-refractivity contribution >= 4 is 29.2 Å². The Hall–Kier alpha value is -2.65. The molecule has 2 aromatic heterocycles. The predicted octanol–water partition coefficient (Wildman–Crippen LogP) is 3.42. The van der Waals surface area contributed by atoms with Gasteiger partial charge in [0, 0.05) is 11.6 Å². The van der Waals surface area contributed by atoms with E-state index in [0.717, 1.165) is 30.5 Å². The van der Waals surface area contributed by atoms with Crippen LogP contribution in [0.1, 0.15) is 43.6 Å². The first kappa shape index (κ1) is 20.1. The van der Waals surface area contributed by atoms with Crippen LogP contribution in [0.15, 0.2) is 30.7 Å². The molecule has 148 valence electrons. The number of aromatic nitrogens is 6. The zero-order chi connectivity index (χ0) is 19.9. The Morgan fingerprint density at radius 3 is 2.89 bits per heavy atom. The number of hydrogen-bond donors (Lipinski definition) is 3. The zero-order valence-corrected chi connectivity index (χ0v) is 16.7. The molecule has 9 nitrogen and oxygen atoms in total. The van der Waals surface area contributed by atoms with Crippen LogP contribution in [0.25, 0.3) is 5.69 Å². The molecule has 1 aromatic carbocycles. The molecule has 3 N–H and O–H groups in total. The Labute approximate surface area is 171 Å². The lowest BCUT2D eigenvalue weighted by Crippen LogP contribution is -2.38. The van der Waals surface area contributed by atoms with Gasteiger partial charge in [-0.25, -0.2) is 14.5 Å². The topological polar surface area (TPSA) is 113 Å². The largest absolute Gasteiger partial charge is 0.334 e. The molecule has 28 heavy (non-hydrogen) atoms. The summed E-state index contributed by atoms with van der Waals surface area (Å²) in [5.41, 5.74) is 1.51. The van der Waals surface area contributed by atoms with Crippen LogP contribution in [0.4, 0.5) is 4.79 Å². The highest BCUT2D eigenvalue weighted by Gasteiger charge is 2.17.